The number of nitrogens with two attached hydrogens (primary N) is 1. The van der Waals surface area contributed by atoms with Crippen molar-refractivity contribution in [3.8, 4) is 0 Å². The third-order valence-electron chi connectivity index (χ3n) is 2.73. The van der Waals surface area contributed by atoms with Gasteiger partial charge in [-0.3, -0.25) is 0 Å². The van der Waals surface area contributed by atoms with Crippen molar-refractivity contribution in [2.24, 2.45) is 11.7 Å². The van der Waals surface area contributed by atoms with Gasteiger partial charge in [0.15, 0.2) is 0 Å². The van der Waals surface area contributed by atoms with E-state index in [4.69, 9.17) is 5.73 Å². The van der Waals surface area contributed by atoms with Crippen molar-refractivity contribution in [2.45, 2.75) is 12.5 Å². The first kappa shape index (κ1) is 11.4. The average Bonchev–Trinajstić information content (AvgIpc) is 2.59. The lowest BCUT2D eigenvalue weighted by Crippen LogP contribution is -2.29. The normalized spacial score (nSPS) is 25.8. The molecule has 2 atom stereocenters. The molecule has 0 aromatic heterocycles. The second-order valence-corrected chi connectivity index (χ2v) is 5.84. The molecule has 2 N–H and O–H groups in total. The molecule has 0 spiro atoms. The Bertz CT molecular complexity index is 358. The van der Waals surface area contributed by atoms with Crippen molar-refractivity contribution < 1.29 is 4.39 Å². The summed E-state index contributed by atoms with van der Waals surface area (Å²) >= 11 is 5.11. The molecule has 2 unspecified atom stereocenters. The molecule has 1 fully saturated rings. The highest BCUT2D eigenvalue weighted by molar-refractivity contribution is 9.10. The fraction of sp³-hybridized carbons (Fsp3) is 0.455. The van der Waals surface area contributed by atoms with Crippen LogP contribution in [0.3, 0.4) is 0 Å². The van der Waals surface area contributed by atoms with Gasteiger partial charge in [-0.1, -0.05) is 6.07 Å². The van der Waals surface area contributed by atoms with Crippen LogP contribution in [0, 0.1) is 11.7 Å². The maximum atomic E-state index is 13.0. The van der Waals surface area contributed by atoms with E-state index in [0.29, 0.717) is 16.4 Å². The molecule has 82 valence electrons. The van der Waals surface area contributed by atoms with Crippen molar-refractivity contribution in [1.29, 1.82) is 0 Å². The molecular weight excluding hydrogens is 277 g/mol. The van der Waals surface area contributed by atoms with Gasteiger partial charge in [0.2, 0.25) is 0 Å². The van der Waals surface area contributed by atoms with E-state index in [2.05, 4.69) is 15.9 Å². The van der Waals surface area contributed by atoms with E-state index in [1.54, 1.807) is 0 Å². The summed E-state index contributed by atoms with van der Waals surface area (Å²) in [5.74, 6) is 2.50. The van der Waals surface area contributed by atoms with Gasteiger partial charge in [-0.05, 0) is 51.7 Å². The number of hydrogen-bond donors (Lipinski definition) is 1. The minimum atomic E-state index is -0.205. The summed E-state index contributed by atoms with van der Waals surface area (Å²) < 4.78 is 13.6. The van der Waals surface area contributed by atoms with E-state index >= 15 is 0 Å². The molecule has 1 aliphatic rings. The Morgan fingerprint density at radius 1 is 1.47 bits per heavy atom. The Balaban J connectivity index is 2.07. The van der Waals surface area contributed by atoms with E-state index in [9.17, 15) is 4.39 Å². The van der Waals surface area contributed by atoms with Gasteiger partial charge in [0.05, 0.1) is 4.47 Å². The molecule has 15 heavy (non-hydrogen) atoms. The summed E-state index contributed by atoms with van der Waals surface area (Å²) in [4.78, 5) is 0. The van der Waals surface area contributed by atoms with E-state index in [-0.39, 0.29) is 5.82 Å². The largest absolute Gasteiger partial charge is 0.327 e. The Kier molecular flexibility index (Phi) is 3.69. The first-order valence-electron chi connectivity index (χ1n) is 4.94. The molecular formula is C11H13BrFNS. The van der Waals surface area contributed by atoms with Crippen LogP contribution in [0.15, 0.2) is 22.7 Å². The Labute approximate surface area is 102 Å². The van der Waals surface area contributed by atoms with Crippen molar-refractivity contribution >= 4 is 27.7 Å². The molecule has 0 saturated carbocycles. The molecule has 0 radical (unpaired) electrons. The van der Waals surface area contributed by atoms with Crippen LogP contribution in [0.4, 0.5) is 4.39 Å². The van der Waals surface area contributed by atoms with E-state index < -0.39 is 0 Å². The maximum absolute atomic E-state index is 13.0. The van der Waals surface area contributed by atoms with Crippen LogP contribution in [0.5, 0.6) is 0 Å². The predicted molar refractivity (Wildman–Crippen MR) is 66.6 cm³/mol. The molecule has 1 aliphatic heterocycles. The Morgan fingerprint density at radius 3 is 2.87 bits per heavy atom. The molecule has 1 aromatic carbocycles. The van der Waals surface area contributed by atoms with Gasteiger partial charge in [0.25, 0.3) is 0 Å². The second-order valence-electron chi connectivity index (χ2n) is 3.91. The van der Waals surface area contributed by atoms with Gasteiger partial charge < -0.3 is 5.73 Å². The average molecular weight is 290 g/mol. The quantitative estimate of drug-likeness (QED) is 0.906. The number of thioether (sulfide) groups is 1. The molecule has 0 amide bonds. The summed E-state index contributed by atoms with van der Waals surface area (Å²) in [6.07, 6.45) is 0.951. The zero-order valence-corrected chi connectivity index (χ0v) is 10.7. The van der Waals surface area contributed by atoms with Crippen LogP contribution in [0.1, 0.15) is 5.56 Å². The summed E-state index contributed by atoms with van der Waals surface area (Å²) in [6, 6.07) is 5.49. The fourth-order valence-electron chi connectivity index (χ4n) is 1.79. The molecule has 0 aliphatic carbocycles. The third-order valence-corrected chi connectivity index (χ3v) is 4.62. The smallest absolute Gasteiger partial charge is 0.137 e. The van der Waals surface area contributed by atoms with Gasteiger partial charge in [0, 0.05) is 11.8 Å². The summed E-state index contributed by atoms with van der Waals surface area (Å²) in [6.45, 7) is 0. The standard InChI is InChI=1S/C11H13BrFNS/c12-9-4-7(1-2-10(9)13)3-8-5-15-6-11(8)14/h1-2,4,8,11H,3,5-6,14H2. The lowest BCUT2D eigenvalue weighted by atomic mass is 9.96. The van der Waals surface area contributed by atoms with Crippen molar-refractivity contribution in [1.82, 2.24) is 0 Å². The Hall–Kier alpha value is -0.0600. The molecule has 1 heterocycles. The molecule has 1 aromatic rings. The van der Waals surface area contributed by atoms with Crippen LogP contribution in [0.2, 0.25) is 0 Å². The highest BCUT2D eigenvalue weighted by atomic mass is 79.9. The summed E-state index contributed by atoms with van der Waals surface area (Å²) in [5.41, 5.74) is 7.15. The van der Waals surface area contributed by atoms with Gasteiger partial charge in [-0.2, -0.15) is 11.8 Å². The maximum Gasteiger partial charge on any atom is 0.137 e. The number of halogens is 2. The lowest BCUT2D eigenvalue weighted by molar-refractivity contribution is 0.514. The first-order valence-corrected chi connectivity index (χ1v) is 6.89. The zero-order valence-electron chi connectivity index (χ0n) is 8.25. The number of rotatable bonds is 2. The van der Waals surface area contributed by atoms with Crippen LogP contribution in [0.25, 0.3) is 0 Å². The van der Waals surface area contributed by atoms with Crippen molar-refractivity contribution in [3.63, 3.8) is 0 Å². The van der Waals surface area contributed by atoms with Gasteiger partial charge in [-0.25, -0.2) is 4.39 Å². The van der Waals surface area contributed by atoms with Crippen LogP contribution in [-0.4, -0.2) is 17.5 Å². The van der Waals surface area contributed by atoms with Gasteiger partial charge in [-0.15, -0.1) is 0 Å². The fourth-order valence-corrected chi connectivity index (χ4v) is 3.57. The van der Waals surface area contributed by atoms with Gasteiger partial charge in [0.1, 0.15) is 5.82 Å². The van der Waals surface area contributed by atoms with E-state index in [0.717, 1.165) is 23.5 Å². The topological polar surface area (TPSA) is 26.0 Å². The molecule has 2 rings (SSSR count). The molecule has 0 bridgehead atoms. The lowest BCUT2D eigenvalue weighted by Gasteiger charge is -2.14. The number of hydrogen-bond acceptors (Lipinski definition) is 2. The van der Waals surface area contributed by atoms with Crippen LogP contribution in [-0.2, 0) is 6.42 Å². The van der Waals surface area contributed by atoms with E-state index in [1.165, 1.54) is 6.07 Å². The highest BCUT2D eigenvalue weighted by Crippen LogP contribution is 2.27. The monoisotopic (exact) mass is 289 g/mol. The highest BCUT2D eigenvalue weighted by Gasteiger charge is 2.24. The zero-order chi connectivity index (χ0) is 10.8. The predicted octanol–water partition coefficient (Wildman–Crippen LogP) is 2.82. The second kappa shape index (κ2) is 4.85. The van der Waals surface area contributed by atoms with Crippen molar-refractivity contribution in [2.75, 3.05) is 11.5 Å². The summed E-state index contributed by atoms with van der Waals surface area (Å²) in [7, 11) is 0. The minimum Gasteiger partial charge on any atom is -0.327 e. The molecule has 1 nitrogen and oxygen atoms in total. The SMILES string of the molecule is NC1CSCC1Cc1ccc(F)c(Br)c1. The Morgan fingerprint density at radius 2 is 2.27 bits per heavy atom. The third kappa shape index (κ3) is 2.74. The minimum absolute atomic E-state index is 0.205. The molecule has 1 saturated heterocycles. The van der Waals surface area contributed by atoms with Crippen LogP contribution < -0.4 is 5.73 Å². The number of benzene rings is 1. The van der Waals surface area contributed by atoms with Gasteiger partial charge >= 0.3 is 0 Å². The summed E-state index contributed by atoms with van der Waals surface area (Å²) in [5, 5.41) is 0. The van der Waals surface area contributed by atoms with E-state index in [1.807, 2.05) is 23.9 Å². The van der Waals surface area contributed by atoms with Crippen molar-refractivity contribution in [3.05, 3.63) is 34.1 Å². The molecule has 4 heteroatoms. The van der Waals surface area contributed by atoms with Crippen LogP contribution >= 0.6 is 27.7 Å². The first-order chi connectivity index (χ1) is 7.16.